The number of carbonyl (C=O) groups is 1. The summed E-state index contributed by atoms with van der Waals surface area (Å²) in [6.45, 7) is 1.62. The molecule has 0 spiro atoms. The van der Waals surface area contributed by atoms with Gasteiger partial charge in [0.15, 0.2) is 0 Å². The van der Waals surface area contributed by atoms with E-state index in [0.29, 0.717) is 12.2 Å². The Morgan fingerprint density at radius 3 is 2.61 bits per heavy atom. The molecule has 1 unspecified atom stereocenters. The largest absolute Gasteiger partial charge is 0.494 e. The third-order valence-corrected chi connectivity index (χ3v) is 5.50. The van der Waals surface area contributed by atoms with Crippen LogP contribution in [0.25, 0.3) is 0 Å². The number of nitrogens with zero attached hydrogens (tertiary/aromatic N) is 2. The van der Waals surface area contributed by atoms with Crippen molar-refractivity contribution in [2.24, 2.45) is 0 Å². The van der Waals surface area contributed by atoms with E-state index < -0.39 is 4.92 Å². The Morgan fingerprint density at radius 1 is 1.13 bits per heavy atom. The Labute approximate surface area is 180 Å². The number of methoxy groups -OCH3 is 1. The van der Waals surface area contributed by atoms with E-state index in [1.54, 1.807) is 0 Å². The molecule has 0 saturated carbocycles. The summed E-state index contributed by atoms with van der Waals surface area (Å²) in [6.07, 6.45) is 0. The summed E-state index contributed by atoms with van der Waals surface area (Å²) in [5.41, 5.74) is 4.05. The van der Waals surface area contributed by atoms with Gasteiger partial charge in [-0.15, -0.1) is 0 Å². The molecular formula is C24H23N3O4. The molecule has 1 aliphatic rings. The maximum Gasteiger partial charge on any atom is 0.273 e. The number of carbonyl (C=O) groups excluding carboxylic acids is 1. The standard InChI is InChI=1S/C24H23N3O4/c1-31-23-13-19(27(29)30)11-12-22(23)25-24(28)16-26-14-18-9-5-6-10-20(18)21(15-26)17-7-3-2-4-8-17/h2-13,21H,14-16H2,1H3,(H,25,28). The smallest absolute Gasteiger partial charge is 0.273 e. The van der Waals surface area contributed by atoms with Crippen LogP contribution < -0.4 is 10.1 Å². The Hall–Kier alpha value is -3.71. The summed E-state index contributed by atoms with van der Waals surface area (Å²) in [7, 11) is 1.42. The van der Waals surface area contributed by atoms with Crippen molar-refractivity contribution in [2.75, 3.05) is 25.5 Å². The topological polar surface area (TPSA) is 84.7 Å². The molecule has 0 aliphatic carbocycles. The molecular weight excluding hydrogens is 394 g/mol. The van der Waals surface area contributed by atoms with Crippen LogP contribution in [0.1, 0.15) is 22.6 Å². The fourth-order valence-corrected chi connectivity index (χ4v) is 4.06. The van der Waals surface area contributed by atoms with Crippen LogP contribution in [0.5, 0.6) is 5.75 Å². The van der Waals surface area contributed by atoms with Gasteiger partial charge >= 0.3 is 0 Å². The quantitative estimate of drug-likeness (QED) is 0.480. The molecule has 0 aromatic heterocycles. The van der Waals surface area contributed by atoms with Crippen molar-refractivity contribution in [2.45, 2.75) is 12.5 Å². The first-order chi connectivity index (χ1) is 15.0. The number of nitro groups is 1. The second-order valence-corrected chi connectivity index (χ2v) is 7.52. The molecule has 1 aliphatic heterocycles. The fraction of sp³-hybridized carbons (Fsp3) is 0.208. The van der Waals surface area contributed by atoms with Crippen LogP contribution in [0.15, 0.2) is 72.8 Å². The number of fused-ring (bicyclic) bond motifs is 1. The van der Waals surface area contributed by atoms with Crippen LogP contribution >= 0.6 is 0 Å². The molecule has 3 aromatic carbocycles. The van der Waals surface area contributed by atoms with Crippen LogP contribution in [-0.4, -0.2) is 35.9 Å². The predicted molar refractivity (Wildman–Crippen MR) is 118 cm³/mol. The Morgan fingerprint density at radius 2 is 1.87 bits per heavy atom. The highest BCUT2D eigenvalue weighted by atomic mass is 16.6. The molecule has 1 N–H and O–H groups in total. The van der Waals surface area contributed by atoms with Crippen molar-refractivity contribution < 1.29 is 14.5 Å². The van der Waals surface area contributed by atoms with E-state index in [9.17, 15) is 14.9 Å². The van der Waals surface area contributed by atoms with E-state index in [0.717, 1.165) is 6.54 Å². The molecule has 3 aromatic rings. The summed E-state index contributed by atoms with van der Waals surface area (Å²) in [5.74, 6) is 0.250. The van der Waals surface area contributed by atoms with Crippen LogP contribution in [0, 0.1) is 10.1 Å². The first-order valence-corrected chi connectivity index (χ1v) is 10.0. The molecule has 7 nitrogen and oxygen atoms in total. The van der Waals surface area contributed by atoms with Gasteiger partial charge in [0.2, 0.25) is 5.91 Å². The Bertz CT molecular complexity index is 1100. The number of hydrogen-bond donors (Lipinski definition) is 1. The summed E-state index contributed by atoms with van der Waals surface area (Å²) < 4.78 is 5.22. The first kappa shape index (κ1) is 20.6. The van der Waals surface area contributed by atoms with Gasteiger partial charge in [-0.1, -0.05) is 54.6 Å². The highest BCUT2D eigenvalue weighted by molar-refractivity contribution is 5.94. The predicted octanol–water partition coefficient (Wildman–Crippen LogP) is 4.19. The number of anilines is 1. The normalized spacial score (nSPS) is 15.7. The zero-order valence-corrected chi connectivity index (χ0v) is 17.2. The fourth-order valence-electron chi connectivity index (χ4n) is 4.06. The van der Waals surface area contributed by atoms with Gasteiger partial charge in [-0.25, -0.2) is 0 Å². The first-order valence-electron chi connectivity index (χ1n) is 10.0. The minimum Gasteiger partial charge on any atom is -0.494 e. The second-order valence-electron chi connectivity index (χ2n) is 7.52. The van der Waals surface area contributed by atoms with Gasteiger partial charge < -0.3 is 10.1 Å². The molecule has 4 rings (SSSR count). The lowest BCUT2D eigenvalue weighted by molar-refractivity contribution is -0.384. The molecule has 1 heterocycles. The molecule has 0 saturated heterocycles. The minimum atomic E-state index is -0.497. The number of hydrogen-bond acceptors (Lipinski definition) is 5. The van der Waals surface area contributed by atoms with Gasteiger partial charge in [0.05, 0.1) is 30.3 Å². The average Bonchev–Trinajstić information content (AvgIpc) is 2.79. The number of nitrogens with one attached hydrogen (secondary N) is 1. The SMILES string of the molecule is COc1cc([N+](=O)[O-])ccc1NC(=O)CN1Cc2ccccc2C(c2ccccc2)C1. The summed E-state index contributed by atoms with van der Waals surface area (Å²) >= 11 is 0. The van der Waals surface area contributed by atoms with E-state index in [-0.39, 0.29) is 29.8 Å². The molecule has 0 fully saturated rings. The summed E-state index contributed by atoms with van der Waals surface area (Å²) in [6, 6.07) is 22.8. The van der Waals surface area contributed by atoms with Crippen molar-refractivity contribution in [3.8, 4) is 5.75 Å². The number of nitro benzene ring substituents is 1. The van der Waals surface area contributed by atoms with Crippen LogP contribution in [0.4, 0.5) is 11.4 Å². The van der Waals surface area contributed by atoms with Crippen LogP contribution in [0.3, 0.4) is 0 Å². The van der Waals surface area contributed by atoms with E-state index in [2.05, 4.69) is 40.5 Å². The van der Waals surface area contributed by atoms with Gasteiger partial charge in [-0.2, -0.15) is 0 Å². The number of ether oxygens (including phenoxy) is 1. The lowest BCUT2D eigenvalue weighted by Gasteiger charge is -2.34. The number of rotatable bonds is 6. The molecule has 0 bridgehead atoms. The van der Waals surface area contributed by atoms with E-state index in [4.69, 9.17) is 4.74 Å². The third-order valence-electron chi connectivity index (χ3n) is 5.50. The monoisotopic (exact) mass is 417 g/mol. The average molecular weight is 417 g/mol. The number of benzene rings is 3. The Kier molecular flexibility index (Phi) is 5.95. The van der Waals surface area contributed by atoms with Gasteiger partial charge in [0.1, 0.15) is 5.75 Å². The zero-order chi connectivity index (χ0) is 21.8. The lowest BCUT2D eigenvalue weighted by atomic mass is 9.84. The van der Waals surface area contributed by atoms with E-state index in [1.807, 2.05) is 24.3 Å². The van der Waals surface area contributed by atoms with E-state index in [1.165, 1.54) is 42.0 Å². The highest BCUT2D eigenvalue weighted by Gasteiger charge is 2.27. The van der Waals surface area contributed by atoms with Crippen LogP contribution in [-0.2, 0) is 11.3 Å². The van der Waals surface area contributed by atoms with Crippen molar-refractivity contribution in [1.29, 1.82) is 0 Å². The maximum absolute atomic E-state index is 12.8. The second kappa shape index (κ2) is 8.97. The highest BCUT2D eigenvalue weighted by Crippen LogP contribution is 2.33. The number of non-ortho nitro benzene ring substituents is 1. The van der Waals surface area contributed by atoms with Crippen molar-refractivity contribution in [1.82, 2.24) is 4.90 Å². The zero-order valence-electron chi connectivity index (χ0n) is 17.2. The third kappa shape index (κ3) is 4.57. The molecule has 1 amide bonds. The lowest BCUT2D eigenvalue weighted by Crippen LogP contribution is -2.39. The van der Waals surface area contributed by atoms with Gasteiger partial charge in [-0.3, -0.25) is 19.8 Å². The van der Waals surface area contributed by atoms with Crippen molar-refractivity contribution in [3.63, 3.8) is 0 Å². The van der Waals surface area contributed by atoms with Gasteiger partial charge in [0, 0.05) is 25.1 Å². The number of amides is 1. The Balaban J connectivity index is 1.51. The van der Waals surface area contributed by atoms with Crippen LogP contribution in [0.2, 0.25) is 0 Å². The van der Waals surface area contributed by atoms with Gasteiger partial charge in [-0.05, 0) is 22.8 Å². The summed E-state index contributed by atoms with van der Waals surface area (Å²) in [4.78, 5) is 25.4. The maximum atomic E-state index is 12.8. The van der Waals surface area contributed by atoms with Gasteiger partial charge in [0.25, 0.3) is 5.69 Å². The molecule has 158 valence electrons. The molecule has 31 heavy (non-hydrogen) atoms. The minimum absolute atomic E-state index is 0.0896. The molecule has 7 heteroatoms. The van der Waals surface area contributed by atoms with Crippen molar-refractivity contribution in [3.05, 3.63) is 99.6 Å². The summed E-state index contributed by atoms with van der Waals surface area (Å²) in [5, 5.41) is 13.8. The van der Waals surface area contributed by atoms with Crippen molar-refractivity contribution >= 4 is 17.3 Å². The molecule has 0 radical (unpaired) electrons. The molecule has 1 atom stereocenters. The van der Waals surface area contributed by atoms with E-state index >= 15 is 0 Å².